The SMILES string of the molecule is Cn1nccc1C1CCN(Cc2csc(-c3cccc(C(=O)O)c3)n2)CC1. The Balaban J connectivity index is 1.38. The molecule has 3 aromatic rings. The molecule has 27 heavy (non-hydrogen) atoms. The first-order chi connectivity index (χ1) is 13.1. The molecule has 1 aliphatic heterocycles. The molecule has 7 heteroatoms. The number of thiazole rings is 1. The summed E-state index contributed by atoms with van der Waals surface area (Å²) in [6.45, 7) is 2.95. The Morgan fingerprint density at radius 1 is 1.30 bits per heavy atom. The van der Waals surface area contributed by atoms with E-state index in [4.69, 9.17) is 10.1 Å². The van der Waals surface area contributed by atoms with Crippen molar-refractivity contribution in [3.63, 3.8) is 0 Å². The molecule has 1 aromatic carbocycles. The number of hydrogen-bond donors (Lipinski definition) is 1. The number of hydrogen-bond acceptors (Lipinski definition) is 5. The molecule has 2 aromatic heterocycles. The third-order valence-electron chi connectivity index (χ3n) is 5.16. The molecule has 0 atom stereocenters. The van der Waals surface area contributed by atoms with Gasteiger partial charge in [-0.05, 0) is 44.1 Å². The fourth-order valence-electron chi connectivity index (χ4n) is 3.70. The summed E-state index contributed by atoms with van der Waals surface area (Å²) in [5, 5.41) is 16.4. The minimum atomic E-state index is -0.912. The highest BCUT2D eigenvalue weighted by atomic mass is 32.1. The lowest BCUT2D eigenvalue weighted by atomic mass is 9.93. The normalized spacial score (nSPS) is 15.9. The van der Waals surface area contributed by atoms with Gasteiger partial charge in [-0.1, -0.05) is 12.1 Å². The number of benzene rings is 1. The highest BCUT2D eigenvalue weighted by Crippen LogP contribution is 2.29. The Morgan fingerprint density at radius 3 is 2.81 bits per heavy atom. The van der Waals surface area contributed by atoms with Crippen molar-refractivity contribution in [2.24, 2.45) is 7.05 Å². The van der Waals surface area contributed by atoms with Crippen LogP contribution in [-0.4, -0.2) is 43.8 Å². The van der Waals surface area contributed by atoms with Gasteiger partial charge >= 0.3 is 5.97 Å². The predicted octanol–water partition coefficient (Wildman–Crippen LogP) is 3.62. The van der Waals surface area contributed by atoms with Gasteiger partial charge in [0.15, 0.2) is 0 Å². The van der Waals surface area contributed by atoms with Crippen molar-refractivity contribution in [1.82, 2.24) is 19.7 Å². The van der Waals surface area contributed by atoms with Crippen LogP contribution in [0.1, 0.15) is 40.5 Å². The van der Waals surface area contributed by atoms with E-state index in [1.807, 2.05) is 24.0 Å². The minimum Gasteiger partial charge on any atom is -0.478 e. The molecule has 0 bridgehead atoms. The molecule has 3 heterocycles. The maximum Gasteiger partial charge on any atom is 0.335 e. The maximum atomic E-state index is 11.2. The summed E-state index contributed by atoms with van der Waals surface area (Å²) in [5.74, 6) is -0.330. The Hall–Kier alpha value is -2.51. The molecule has 1 saturated heterocycles. The second kappa shape index (κ2) is 7.62. The molecule has 0 spiro atoms. The highest BCUT2D eigenvalue weighted by Gasteiger charge is 2.23. The van der Waals surface area contributed by atoms with Crippen LogP contribution in [0.3, 0.4) is 0 Å². The van der Waals surface area contributed by atoms with Gasteiger partial charge in [0, 0.05) is 42.3 Å². The zero-order chi connectivity index (χ0) is 18.8. The number of carboxylic acid groups (broad SMARTS) is 1. The van der Waals surface area contributed by atoms with E-state index in [9.17, 15) is 4.79 Å². The van der Waals surface area contributed by atoms with Crippen LogP contribution in [0.15, 0.2) is 41.9 Å². The lowest BCUT2D eigenvalue weighted by Crippen LogP contribution is -2.33. The van der Waals surface area contributed by atoms with E-state index in [1.165, 1.54) is 5.69 Å². The van der Waals surface area contributed by atoms with E-state index in [-0.39, 0.29) is 0 Å². The monoisotopic (exact) mass is 382 g/mol. The van der Waals surface area contributed by atoms with Crippen LogP contribution in [0.5, 0.6) is 0 Å². The summed E-state index contributed by atoms with van der Waals surface area (Å²) in [6, 6.07) is 9.09. The van der Waals surface area contributed by atoms with Crippen LogP contribution in [0.4, 0.5) is 0 Å². The van der Waals surface area contributed by atoms with Gasteiger partial charge in [0.2, 0.25) is 0 Å². The van der Waals surface area contributed by atoms with Crippen LogP contribution >= 0.6 is 11.3 Å². The van der Waals surface area contributed by atoms with Gasteiger partial charge in [-0.25, -0.2) is 9.78 Å². The fraction of sp³-hybridized carbons (Fsp3) is 0.350. The van der Waals surface area contributed by atoms with Gasteiger partial charge in [-0.2, -0.15) is 5.10 Å². The molecule has 0 saturated carbocycles. The number of rotatable bonds is 5. The molecular weight excluding hydrogens is 360 g/mol. The van der Waals surface area contributed by atoms with Crippen molar-refractivity contribution in [2.75, 3.05) is 13.1 Å². The molecule has 1 fully saturated rings. The second-order valence-corrected chi connectivity index (χ2v) is 7.82. The van der Waals surface area contributed by atoms with Gasteiger partial charge < -0.3 is 5.11 Å². The number of carbonyl (C=O) groups is 1. The van der Waals surface area contributed by atoms with Crippen LogP contribution in [0, 0.1) is 0 Å². The van der Waals surface area contributed by atoms with Gasteiger partial charge in [0.25, 0.3) is 0 Å². The van der Waals surface area contributed by atoms with Crippen molar-refractivity contribution in [3.05, 3.63) is 58.9 Å². The summed E-state index contributed by atoms with van der Waals surface area (Å²) in [5.41, 5.74) is 3.53. The van der Waals surface area contributed by atoms with Crippen LogP contribution in [0.25, 0.3) is 10.6 Å². The third kappa shape index (κ3) is 3.94. The molecule has 0 amide bonds. The summed E-state index contributed by atoms with van der Waals surface area (Å²) >= 11 is 1.57. The van der Waals surface area contributed by atoms with Crippen molar-refractivity contribution < 1.29 is 9.90 Å². The average Bonchev–Trinajstić information content (AvgIpc) is 3.32. The van der Waals surface area contributed by atoms with Crippen molar-refractivity contribution in [1.29, 1.82) is 0 Å². The maximum absolute atomic E-state index is 11.2. The number of aromatic carboxylic acids is 1. The van der Waals surface area contributed by atoms with Gasteiger partial charge in [0.1, 0.15) is 5.01 Å². The van der Waals surface area contributed by atoms with E-state index in [1.54, 1.807) is 29.5 Å². The largest absolute Gasteiger partial charge is 0.478 e. The molecule has 0 radical (unpaired) electrons. The van der Waals surface area contributed by atoms with Gasteiger partial charge in [-0.3, -0.25) is 9.58 Å². The zero-order valence-electron chi connectivity index (χ0n) is 15.2. The number of piperidine rings is 1. The molecule has 1 N–H and O–H groups in total. The molecule has 140 valence electrons. The third-order valence-corrected chi connectivity index (χ3v) is 6.10. The van der Waals surface area contributed by atoms with Crippen molar-refractivity contribution >= 4 is 17.3 Å². The number of aromatic nitrogens is 3. The topological polar surface area (TPSA) is 71.2 Å². The zero-order valence-corrected chi connectivity index (χ0v) is 16.0. The molecule has 1 aliphatic rings. The molecular formula is C20H22N4O2S. The quantitative estimate of drug-likeness (QED) is 0.730. The molecule has 4 rings (SSSR count). The summed E-state index contributed by atoms with van der Waals surface area (Å²) in [4.78, 5) is 18.3. The second-order valence-electron chi connectivity index (χ2n) is 6.96. The first-order valence-corrected chi connectivity index (χ1v) is 9.96. The van der Waals surface area contributed by atoms with Gasteiger partial charge in [-0.15, -0.1) is 11.3 Å². The van der Waals surface area contributed by atoms with Gasteiger partial charge in [0.05, 0.1) is 11.3 Å². The van der Waals surface area contributed by atoms with Crippen molar-refractivity contribution in [3.8, 4) is 10.6 Å². The first kappa shape index (κ1) is 17.9. The first-order valence-electron chi connectivity index (χ1n) is 9.08. The van der Waals surface area contributed by atoms with E-state index in [2.05, 4.69) is 21.4 Å². The summed E-state index contributed by atoms with van der Waals surface area (Å²) < 4.78 is 1.98. The van der Waals surface area contributed by atoms with E-state index < -0.39 is 5.97 Å². The Morgan fingerprint density at radius 2 is 2.11 bits per heavy atom. The van der Waals surface area contributed by atoms with Crippen LogP contribution in [-0.2, 0) is 13.6 Å². The van der Waals surface area contributed by atoms with Crippen LogP contribution < -0.4 is 0 Å². The number of carboxylic acids is 1. The van der Waals surface area contributed by atoms with E-state index in [0.29, 0.717) is 11.5 Å². The minimum absolute atomic E-state index is 0.293. The lowest BCUT2D eigenvalue weighted by molar-refractivity contribution is 0.0697. The molecule has 0 aliphatic carbocycles. The summed E-state index contributed by atoms with van der Waals surface area (Å²) in [6.07, 6.45) is 4.15. The Labute approximate surface area is 162 Å². The Bertz CT molecular complexity index is 941. The predicted molar refractivity (Wildman–Crippen MR) is 105 cm³/mol. The van der Waals surface area contributed by atoms with Crippen LogP contribution in [0.2, 0.25) is 0 Å². The highest BCUT2D eigenvalue weighted by molar-refractivity contribution is 7.13. The number of nitrogens with zero attached hydrogens (tertiary/aromatic N) is 4. The lowest BCUT2D eigenvalue weighted by Gasteiger charge is -2.31. The standard InChI is InChI=1S/C20H22N4O2S/c1-23-18(5-8-21-23)14-6-9-24(10-7-14)12-17-13-27-19(22-17)15-3-2-4-16(11-15)20(25)26/h2-5,8,11,13-14H,6-7,9-10,12H2,1H3,(H,25,26). The van der Waals surface area contributed by atoms with E-state index >= 15 is 0 Å². The summed E-state index contributed by atoms with van der Waals surface area (Å²) in [7, 11) is 2.01. The average molecular weight is 382 g/mol. The Kier molecular flexibility index (Phi) is 5.05. The fourth-order valence-corrected chi connectivity index (χ4v) is 4.51. The molecule has 0 unspecified atom stereocenters. The van der Waals surface area contributed by atoms with E-state index in [0.717, 1.165) is 48.7 Å². The molecule has 6 nitrogen and oxygen atoms in total. The smallest absolute Gasteiger partial charge is 0.335 e. The number of aryl methyl sites for hydroxylation is 1. The number of likely N-dealkylation sites (tertiary alicyclic amines) is 1. The van der Waals surface area contributed by atoms with Crippen molar-refractivity contribution in [2.45, 2.75) is 25.3 Å².